The number of hydrogen-bond donors (Lipinski definition) is 0. The number of benzene rings is 1. The third-order valence-electron chi connectivity index (χ3n) is 3.29. The summed E-state index contributed by atoms with van der Waals surface area (Å²) < 4.78 is 29.6. The van der Waals surface area contributed by atoms with E-state index in [1.807, 2.05) is 6.08 Å². The lowest BCUT2D eigenvalue weighted by Crippen LogP contribution is -2.25. The molecule has 1 aliphatic rings. The highest BCUT2D eigenvalue weighted by molar-refractivity contribution is 7.92. The summed E-state index contributed by atoms with van der Waals surface area (Å²) >= 11 is 0. The second-order valence-corrected chi connectivity index (χ2v) is 6.78. The third kappa shape index (κ3) is 3.40. The van der Waals surface area contributed by atoms with Crippen LogP contribution in [0, 0.1) is 10.1 Å². The molecular weight excluding hydrogens is 296 g/mol. The Bertz CT molecular complexity index is 697. The van der Waals surface area contributed by atoms with Crippen LogP contribution < -0.4 is 4.31 Å². The van der Waals surface area contributed by atoms with Gasteiger partial charge < -0.3 is 4.74 Å². The predicted octanol–water partition coefficient (Wildman–Crippen LogP) is 1.79. The van der Waals surface area contributed by atoms with Gasteiger partial charge in [-0.15, -0.1) is 0 Å². The Morgan fingerprint density at radius 3 is 2.62 bits per heavy atom. The third-order valence-corrected chi connectivity index (χ3v) is 4.48. The molecule has 1 aromatic carbocycles. The largest absolute Gasteiger partial charge is 0.376 e. The van der Waals surface area contributed by atoms with Crippen LogP contribution >= 0.6 is 0 Å². The van der Waals surface area contributed by atoms with Gasteiger partial charge in [0.1, 0.15) is 5.69 Å². The lowest BCUT2D eigenvalue weighted by molar-refractivity contribution is -0.384. The topological polar surface area (TPSA) is 89.8 Å². The first-order valence-corrected chi connectivity index (χ1v) is 8.15. The molecule has 1 aliphatic heterocycles. The SMILES string of the molecule is CN(c1cc(C2=CCCOC2)ccc1[N+](=O)[O-])S(C)(=O)=O. The zero-order chi connectivity index (χ0) is 15.6. The van der Waals surface area contributed by atoms with Crippen molar-refractivity contribution < 1.29 is 18.1 Å². The number of nitrogens with zero attached hydrogens (tertiary/aromatic N) is 2. The first-order valence-electron chi connectivity index (χ1n) is 6.30. The molecule has 0 unspecified atom stereocenters. The normalized spacial score (nSPS) is 15.4. The molecule has 0 aromatic heterocycles. The van der Waals surface area contributed by atoms with Gasteiger partial charge in [0.25, 0.3) is 5.69 Å². The van der Waals surface area contributed by atoms with E-state index in [0.717, 1.165) is 28.1 Å². The maximum Gasteiger partial charge on any atom is 0.293 e. The van der Waals surface area contributed by atoms with Gasteiger partial charge in [0.2, 0.25) is 10.0 Å². The Morgan fingerprint density at radius 1 is 1.38 bits per heavy atom. The molecule has 0 saturated heterocycles. The van der Waals surface area contributed by atoms with Crippen LogP contribution in [0.15, 0.2) is 24.3 Å². The fourth-order valence-electron chi connectivity index (χ4n) is 2.07. The smallest absolute Gasteiger partial charge is 0.293 e. The highest BCUT2D eigenvalue weighted by Gasteiger charge is 2.23. The molecule has 0 radical (unpaired) electrons. The van der Waals surface area contributed by atoms with Crippen molar-refractivity contribution in [3.8, 4) is 0 Å². The van der Waals surface area contributed by atoms with Crippen molar-refractivity contribution in [3.63, 3.8) is 0 Å². The molecule has 0 atom stereocenters. The first-order chi connectivity index (χ1) is 9.80. The summed E-state index contributed by atoms with van der Waals surface area (Å²) in [6.07, 6.45) is 3.77. The van der Waals surface area contributed by atoms with Gasteiger partial charge in [0.15, 0.2) is 0 Å². The zero-order valence-corrected chi connectivity index (χ0v) is 12.6. The molecule has 21 heavy (non-hydrogen) atoms. The van der Waals surface area contributed by atoms with Gasteiger partial charge in [-0.3, -0.25) is 14.4 Å². The number of nitro groups is 1. The Balaban J connectivity index is 2.54. The first kappa shape index (κ1) is 15.5. The van der Waals surface area contributed by atoms with Gasteiger partial charge in [0.05, 0.1) is 24.4 Å². The minimum Gasteiger partial charge on any atom is -0.376 e. The quantitative estimate of drug-likeness (QED) is 0.624. The van der Waals surface area contributed by atoms with E-state index >= 15 is 0 Å². The Morgan fingerprint density at radius 2 is 2.10 bits per heavy atom. The summed E-state index contributed by atoms with van der Waals surface area (Å²) in [7, 11) is -2.28. The van der Waals surface area contributed by atoms with Crippen LogP contribution in [0.3, 0.4) is 0 Å². The van der Waals surface area contributed by atoms with E-state index in [1.54, 1.807) is 6.07 Å². The van der Waals surface area contributed by atoms with Crippen molar-refractivity contribution in [2.75, 3.05) is 30.8 Å². The summed E-state index contributed by atoms with van der Waals surface area (Å²) in [5, 5.41) is 11.1. The molecule has 0 fully saturated rings. The predicted molar refractivity (Wildman–Crippen MR) is 79.8 cm³/mol. The van der Waals surface area contributed by atoms with Crippen molar-refractivity contribution in [2.24, 2.45) is 0 Å². The van der Waals surface area contributed by atoms with Crippen LogP contribution in [-0.4, -0.2) is 39.9 Å². The van der Waals surface area contributed by atoms with Crippen molar-refractivity contribution in [1.29, 1.82) is 0 Å². The van der Waals surface area contributed by atoms with E-state index in [4.69, 9.17) is 4.74 Å². The Hall–Kier alpha value is -1.93. The summed E-state index contributed by atoms with van der Waals surface area (Å²) in [4.78, 5) is 10.5. The Kier molecular flexibility index (Phi) is 4.29. The molecule has 0 aliphatic carbocycles. The number of sulfonamides is 1. The zero-order valence-electron chi connectivity index (χ0n) is 11.8. The van der Waals surface area contributed by atoms with E-state index in [2.05, 4.69) is 0 Å². The van der Waals surface area contributed by atoms with E-state index < -0.39 is 14.9 Å². The summed E-state index contributed by atoms with van der Waals surface area (Å²) in [5.41, 5.74) is 1.43. The number of hydrogen-bond acceptors (Lipinski definition) is 5. The molecule has 0 bridgehead atoms. The average Bonchev–Trinajstić information content (AvgIpc) is 2.45. The van der Waals surface area contributed by atoms with Crippen LogP contribution in [0.5, 0.6) is 0 Å². The molecular formula is C13H16N2O5S. The fourth-order valence-corrected chi connectivity index (χ4v) is 2.57. The van der Waals surface area contributed by atoms with E-state index in [-0.39, 0.29) is 11.4 Å². The van der Waals surface area contributed by atoms with Crippen molar-refractivity contribution >= 4 is 27.0 Å². The van der Waals surface area contributed by atoms with Gasteiger partial charge in [0, 0.05) is 13.1 Å². The average molecular weight is 312 g/mol. The van der Waals surface area contributed by atoms with Crippen molar-refractivity contribution in [3.05, 3.63) is 40.0 Å². The lowest BCUT2D eigenvalue weighted by atomic mass is 10.0. The monoisotopic (exact) mass is 312 g/mol. The maximum atomic E-state index is 11.7. The van der Waals surface area contributed by atoms with Gasteiger partial charge >= 0.3 is 0 Å². The van der Waals surface area contributed by atoms with Gasteiger partial charge in [-0.25, -0.2) is 8.42 Å². The molecule has 0 saturated carbocycles. The second kappa shape index (κ2) is 5.82. The second-order valence-electron chi connectivity index (χ2n) is 4.76. The van der Waals surface area contributed by atoms with Gasteiger partial charge in [-0.05, 0) is 29.7 Å². The molecule has 8 heteroatoms. The van der Waals surface area contributed by atoms with E-state index in [9.17, 15) is 18.5 Å². The van der Waals surface area contributed by atoms with Gasteiger partial charge in [-0.2, -0.15) is 0 Å². The lowest BCUT2D eigenvalue weighted by Gasteiger charge is -2.19. The number of rotatable bonds is 4. The Labute approximate surface area is 123 Å². The molecule has 1 heterocycles. The van der Waals surface area contributed by atoms with Gasteiger partial charge in [-0.1, -0.05) is 6.08 Å². The van der Waals surface area contributed by atoms with Crippen molar-refractivity contribution in [2.45, 2.75) is 6.42 Å². The summed E-state index contributed by atoms with van der Waals surface area (Å²) in [6, 6.07) is 4.44. The highest BCUT2D eigenvalue weighted by Crippen LogP contribution is 2.32. The number of ether oxygens (including phenoxy) is 1. The molecule has 0 N–H and O–H groups in total. The standard InChI is InChI=1S/C13H16N2O5S/c1-14(21(2,18)19)13-8-10(5-6-12(13)15(16)17)11-4-3-7-20-9-11/h4-6,8H,3,7,9H2,1-2H3. The minimum absolute atomic E-state index is 0.0477. The molecule has 7 nitrogen and oxygen atoms in total. The van der Waals surface area contributed by atoms with Crippen LogP contribution in [0.2, 0.25) is 0 Å². The molecule has 1 aromatic rings. The summed E-state index contributed by atoms with van der Waals surface area (Å²) in [5.74, 6) is 0. The number of anilines is 1. The number of nitro benzene ring substituents is 1. The molecule has 2 rings (SSSR count). The van der Waals surface area contributed by atoms with E-state index in [0.29, 0.717) is 13.2 Å². The highest BCUT2D eigenvalue weighted by atomic mass is 32.2. The van der Waals surface area contributed by atoms with Crippen molar-refractivity contribution in [1.82, 2.24) is 0 Å². The molecule has 0 amide bonds. The molecule has 114 valence electrons. The maximum absolute atomic E-state index is 11.7. The van der Waals surface area contributed by atoms with E-state index in [1.165, 1.54) is 19.2 Å². The van der Waals surface area contributed by atoms with Crippen LogP contribution in [0.1, 0.15) is 12.0 Å². The van der Waals surface area contributed by atoms with Crippen LogP contribution in [0.25, 0.3) is 5.57 Å². The summed E-state index contributed by atoms with van der Waals surface area (Å²) in [6.45, 7) is 1.06. The minimum atomic E-state index is -3.58. The fraction of sp³-hybridized carbons (Fsp3) is 0.385. The van der Waals surface area contributed by atoms with Crippen LogP contribution in [-0.2, 0) is 14.8 Å². The van der Waals surface area contributed by atoms with Crippen LogP contribution in [0.4, 0.5) is 11.4 Å². The molecule has 0 spiro atoms.